The molecule has 0 saturated heterocycles. The van der Waals surface area contributed by atoms with Crippen molar-refractivity contribution in [2.75, 3.05) is 0 Å². The highest BCUT2D eigenvalue weighted by Gasteiger charge is 2.33. The van der Waals surface area contributed by atoms with Crippen LogP contribution in [0.2, 0.25) is 0 Å². The fourth-order valence-electron chi connectivity index (χ4n) is 1.15. The van der Waals surface area contributed by atoms with Gasteiger partial charge in [0, 0.05) is 15.9 Å². The van der Waals surface area contributed by atoms with Crippen LogP contribution in [-0.4, -0.2) is 4.98 Å². The van der Waals surface area contributed by atoms with Crippen LogP contribution in [0.3, 0.4) is 0 Å². The van der Waals surface area contributed by atoms with Gasteiger partial charge < -0.3 is 4.42 Å². The van der Waals surface area contributed by atoms with Gasteiger partial charge >= 0.3 is 4.83 Å². The Balaban J connectivity index is 2.63. The molecular weight excluding hydrogens is 256 g/mol. The predicted molar refractivity (Wildman–Crippen MR) is 51.6 cm³/mol. The monoisotopic (exact) mass is 261 g/mol. The van der Waals surface area contributed by atoms with Gasteiger partial charge in [-0.1, -0.05) is 6.07 Å². The van der Waals surface area contributed by atoms with Crippen molar-refractivity contribution in [3.05, 3.63) is 29.7 Å². The van der Waals surface area contributed by atoms with E-state index in [1.807, 2.05) is 6.92 Å². The van der Waals surface area contributed by atoms with Crippen molar-refractivity contribution < 1.29 is 13.2 Å². The summed E-state index contributed by atoms with van der Waals surface area (Å²) in [7, 11) is 0. The highest BCUT2D eigenvalue weighted by molar-refractivity contribution is 9.09. The number of hydrogen-bond donors (Lipinski definition) is 0. The largest absolute Gasteiger partial charge is 0.434 e. The molecule has 0 saturated carbocycles. The Bertz CT molecular complexity index is 475. The van der Waals surface area contributed by atoms with E-state index in [0.717, 1.165) is 5.56 Å². The maximum atomic E-state index is 12.8. The topological polar surface area (TPSA) is 26.0 Å². The van der Waals surface area contributed by atoms with E-state index in [-0.39, 0.29) is 0 Å². The van der Waals surface area contributed by atoms with Gasteiger partial charge in [0.1, 0.15) is 5.52 Å². The summed E-state index contributed by atoms with van der Waals surface area (Å²) in [4.78, 5) is 0.453. The number of aryl methyl sites for hydroxylation is 1. The number of oxazole rings is 1. The summed E-state index contributed by atoms with van der Waals surface area (Å²) < 4.78 is 30.4. The molecule has 2 nitrogen and oxygen atoms in total. The Morgan fingerprint density at radius 3 is 2.79 bits per heavy atom. The number of nitrogens with zero attached hydrogens (tertiary/aromatic N) is 1. The molecule has 0 N–H and O–H groups in total. The van der Waals surface area contributed by atoms with Crippen LogP contribution in [0.15, 0.2) is 22.6 Å². The minimum atomic E-state index is -3.21. The van der Waals surface area contributed by atoms with E-state index in [2.05, 4.69) is 20.9 Å². The van der Waals surface area contributed by atoms with Crippen molar-refractivity contribution in [2.24, 2.45) is 0 Å². The fraction of sp³-hybridized carbons (Fsp3) is 0.222. The van der Waals surface area contributed by atoms with Crippen LogP contribution in [0.1, 0.15) is 11.5 Å². The van der Waals surface area contributed by atoms with E-state index >= 15 is 0 Å². The van der Waals surface area contributed by atoms with Crippen LogP contribution in [-0.2, 0) is 4.83 Å². The minimum absolute atomic E-state index is 0.374. The number of hydrogen-bond acceptors (Lipinski definition) is 2. The summed E-state index contributed by atoms with van der Waals surface area (Å²) in [5.41, 5.74) is 1.75. The van der Waals surface area contributed by atoms with E-state index < -0.39 is 10.7 Å². The van der Waals surface area contributed by atoms with Gasteiger partial charge in [0.15, 0.2) is 5.58 Å². The number of fused-ring (bicyclic) bond motifs is 1. The summed E-state index contributed by atoms with van der Waals surface area (Å²) in [6.07, 6.45) is 0. The van der Waals surface area contributed by atoms with Crippen LogP contribution in [0.25, 0.3) is 11.1 Å². The third-order valence-electron chi connectivity index (χ3n) is 1.79. The smallest absolute Gasteiger partial charge is 0.375 e. The minimum Gasteiger partial charge on any atom is -0.434 e. The van der Waals surface area contributed by atoms with Crippen LogP contribution in [0.4, 0.5) is 8.78 Å². The molecule has 1 heterocycles. The van der Waals surface area contributed by atoms with E-state index in [1.54, 1.807) is 18.2 Å². The SMILES string of the molecule is Cc1ccc2nc(C(F)(F)Br)oc2c1. The number of aromatic nitrogens is 1. The van der Waals surface area contributed by atoms with Crippen molar-refractivity contribution in [3.63, 3.8) is 0 Å². The second-order valence-corrected chi connectivity index (χ2v) is 3.98. The van der Waals surface area contributed by atoms with Gasteiger partial charge in [-0.3, -0.25) is 0 Å². The molecule has 0 atom stereocenters. The van der Waals surface area contributed by atoms with Gasteiger partial charge in [0.05, 0.1) is 0 Å². The van der Waals surface area contributed by atoms with Crippen molar-refractivity contribution in [1.82, 2.24) is 4.98 Å². The average Bonchev–Trinajstić information content (AvgIpc) is 2.45. The van der Waals surface area contributed by atoms with Gasteiger partial charge in [0.2, 0.25) is 0 Å². The molecule has 0 spiro atoms. The molecule has 0 bridgehead atoms. The number of rotatable bonds is 1. The summed E-state index contributed by atoms with van der Waals surface area (Å²) in [5.74, 6) is -0.613. The van der Waals surface area contributed by atoms with Crippen LogP contribution < -0.4 is 0 Å². The van der Waals surface area contributed by atoms with Crippen molar-refractivity contribution in [2.45, 2.75) is 11.8 Å². The molecular formula is C9H6BrF2NO. The third kappa shape index (κ3) is 1.64. The van der Waals surface area contributed by atoms with Gasteiger partial charge in [-0.15, -0.1) is 0 Å². The van der Waals surface area contributed by atoms with Gasteiger partial charge in [-0.05, 0) is 24.6 Å². The lowest BCUT2D eigenvalue weighted by molar-refractivity contribution is 0.0823. The summed E-state index contributed by atoms with van der Waals surface area (Å²) >= 11 is 2.19. The van der Waals surface area contributed by atoms with Crippen molar-refractivity contribution in [3.8, 4) is 0 Å². The maximum Gasteiger partial charge on any atom is 0.375 e. The molecule has 0 aliphatic rings. The fourth-order valence-corrected chi connectivity index (χ4v) is 1.32. The van der Waals surface area contributed by atoms with E-state index in [4.69, 9.17) is 4.42 Å². The Labute approximate surface area is 87.1 Å². The third-order valence-corrected chi connectivity index (χ3v) is 2.13. The Hall–Kier alpha value is -0.970. The van der Waals surface area contributed by atoms with E-state index in [9.17, 15) is 8.78 Å². The highest BCUT2D eigenvalue weighted by Crippen LogP contribution is 2.35. The number of halogens is 3. The molecule has 1 aromatic carbocycles. The molecule has 1 aromatic heterocycles. The molecule has 0 aliphatic carbocycles. The molecule has 0 fully saturated rings. The zero-order chi connectivity index (χ0) is 10.3. The Morgan fingerprint density at radius 2 is 2.14 bits per heavy atom. The van der Waals surface area contributed by atoms with Crippen LogP contribution in [0, 0.1) is 6.92 Å². The lowest BCUT2D eigenvalue weighted by Gasteiger charge is -1.99. The second-order valence-electron chi connectivity index (χ2n) is 2.99. The Morgan fingerprint density at radius 1 is 1.43 bits per heavy atom. The first-order valence-electron chi connectivity index (χ1n) is 3.91. The van der Waals surface area contributed by atoms with Crippen molar-refractivity contribution in [1.29, 1.82) is 0 Å². The second kappa shape index (κ2) is 3.02. The van der Waals surface area contributed by atoms with Gasteiger partial charge in [0.25, 0.3) is 5.89 Å². The van der Waals surface area contributed by atoms with Crippen molar-refractivity contribution >= 4 is 27.0 Å². The molecule has 74 valence electrons. The van der Waals surface area contributed by atoms with E-state index in [0.29, 0.717) is 11.1 Å². The molecule has 0 aliphatic heterocycles. The summed E-state index contributed by atoms with van der Waals surface area (Å²) in [6, 6.07) is 5.11. The molecule has 0 unspecified atom stereocenters. The average molecular weight is 262 g/mol. The standard InChI is InChI=1S/C9H6BrF2NO/c1-5-2-3-6-7(4-5)14-8(13-6)9(10,11)12/h2-4H,1H3. The summed E-state index contributed by atoms with van der Waals surface area (Å²) in [6.45, 7) is 1.86. The lowest BCUT2D eigenvalue weighted by atomic mass is 10.2. The molecule has 14 heavy (non-hydrogen) atoms. The Kier molecular flexibility index (Phi) is 2.06. The molecule has 5 heteroatoms. The first-order chi connectivity index (χ1) is 6.47. The molecule has 2 rings (SSSR count). The van der Waals surface area contributed by atoms with Gasteiger partial charge in [-0.2, -0.15) is 8.78 Å². The first kappa shape index (κ1) is 9.58. The lowest BCUT2D eigenvalue weighted by Crippen LogP contribution is -2.01. The zero-order valence-corrected chi connectivity index (χ0v) is 8.81. The summed E-state index contributed by atoms with van der Waals surface area (Å²) in [5, 5.41) is 0. The highest BCUT2D eigenvalue weighted by atomic mass is 79.9. The number of benzene rings is 1. The van der Waals surface area contributed by atoms with Crippen LogP contribution in [0.5, 0.6) is 0 Å². The zero-order valence-electron chi connectivity index (χ0n) is 7.22. The van der Waals surface area contributed by atoms with Gasteiger partial charge in [-0.25, -0.2) is 4.98 Å². The normalized spacial score (nSPS) is 12.3. The predicted octanol–water partition coefficient (Wildman–Crippen LogP) is 3.58. The first-order valence-corrected chi connectivity index (χ1v) is 4.70. The molecule has 0 amide bonds. The quantitative estimate of drug-likeness (QED) is 0.734. The molecule has 2 aromatic rings. The number of alkyl halides is 3. The maximum absolute atomic E-state index is 12.8. The molecule has 0 radical (unpaired) electrons. The van der Waals surface area contributed by atoms with E-state index in [1.165, 1.54) is 0 Å². The van der Waals surface area contributed by atoms with Crippen LogP contribution >= 0.6 is 15.9 Å².